The number of methoxy groups -OCH3 is 1. The second kappa shape index (κ2) is 5.15. The van der Waals surface area contributed by atoms with Crippen molar-refractivity contribution < 1.29 is 9.53 Å². The predicted molar refractivity (Wildman–Crippen MR) is 67.9 cm³/mol. The minimum Gasteiger partial charge on any atom is -0.465 e. The number of hydrogen-bond acceptors (Lipinski definition) is 3. The lowest BCUT2D eigenvalue weighted by molar-refractivity contribution is 0.0601. The zero-order chi connectivity index (χ0) is 13.0. The number of benzene rings is 2. The number of nitrogens with zero attached hydrogens (tertiary/aromatic N) is 1. The first-order chi connectivity index (χ1) is 8.77. The van der Waals surface area contributed by atoms with Gasteiger partial charge >= 0.3 is 5.97 Å². The molecule has 0 unspecified atom stereocenters. The summed E-state index contributed by atoms with van der Waals surface area (Å²) in [5.74, 6) is -0.404. The monoisotopic (exact) mass is 237 g/mol. The molecular formula is C15H11NO2. The van der Waals surface area contributed by atoms with E-state index in [2.05, 4.69) is 6.07 Å². The van der Waals surface area contributed by atoms with Crippen molar-refractivity contribution in [2.24, 2.45) is 0 Å². The van der Waals surface area contributed by atoms with Gasteiger partial charge in [-0.15, -0.1) is 0 Å². The number of nitriles is 1. The molecule has 3 nitrogen and oxygen atoms in total. The highest BCUT2D eigenvalue weighted by Crippen LogP contribution is 2.27. The average molecular weight is 237 g/mol. The first-order valence-electron chi connectivity index (χ1n) is 5.44. The number of ether oxygens (including phenoxy) is 1. The fourth-order valence-electron chi connectivity index (χ4n) is 1.82. The molecule has 0 aliphatic carbocycles. The Labute approximate surface area is 105 Å². The molecule has 2 rings (SSSR count). The Morgan fingerprint density at radius 1 is 1.06 bits per heavy atom. The normalized spacial score (nSPS) is 9.56. The molecule has 0 amide bonds. The number of carbonyl (C=O) groups excluding carboxylic acids is 1. The van der Waals surface area contributed by atoms with E-state index in [0.29, 0.717) is 16.7 Å². The van der Waals surface area contributed by atoms with E-state index in [9.17, 15) is 4.79 Å². The van der Waals surface area contributed by atoms with Gasteiger partial charge in [0.25, 0.3) is 0 Å². The molecule has 0 aliphatic heterocycles. The number of carbonyl (C=O) groups is 1. The molecule has 3 heteroatoms. The van der Waals surface area contributed by atoms with Crippen LogP contribution in [0.3, 0.4) is 0 Å². The first-order valence-corrected chi connectivity index (χ1v) is 5.44. The second-order valence-corrected chi connectivity index (χ2v) is 3.69. The SMILES string of the molecule is COC(=O)c1ccccc1-c1ccccc1C#N. The van der Waals surface area contributed by atoms with Crippen molar-refractivity contribution in [1.82, 2.24) is 0 Å². The topological polar surface area (TPSA) is 50.1 Å². The summed E-state index contributed by atoms with van der Waals surface area (Å²) in [6.45, 7) is 0. The van der Waals surface area contributed by atoms with Crippen LogP contribution in [0, 0.1) is 11.3 Å². The van der Waals surface area contributed by atoms with Crippen LogP contribution in [0.5, 0.6) is 0 Å². The summed E-state index contributed by atoms with van der Waals surface area (Å²) in [6, 6.07) is 16.4. The predicted octanol–water partition coefficient (Wildman–Crippen LogP) is 3.01. The first kappa shape index (κ1) is 11.9. The van der Waals surface area contributed by atoms with Gasteiger partial charge in [0.2, 0.25) is 0 Å². The summed E-state index contributed by atoms with van der Waals surface area (Å²) in [6.07, 6.45) is 0. The Bertz CT molecular complexity index is 626. The van der Waals surface area contributed by atoms with Crippen LogP contribution in [-0.4, -0.2) is 13.1 Å². The fourth-order valence-corrected chi connectivity index (χ4v) is 1.82. The van der Waals surface area contributed by atoms with E-state index in [4.69, 9.17) is 10.00 Å². The third-order valence-corrected chi connectivity index (χ3v) is 2.67. The summed E-state index contributed by atoms with van der Waals surface area (Å²) < 4.78 is 4.75. The van der Waals surface area contributed by atoms with E-state index in [1.165, 1.54) is 7.11 Å². The highest BCUT2D eigenvalue weighted by molar-refractivity contribution is 5.97. The van der Waals surface area contributed by atoms with Crippen LogP contribution in [0.1, 0.15) is 15.9 Å². The number of hydrogen-bond donors (Lipinski definition) is 0. The number of esters is 1. The smallest absolute Gasteiger partial charge is 0.338 e. The summed E-state index contributed by atoms with van der Waals surface area (Å²) in [5, 5.41) is 9.10. The van der Waals surface area contributed by atoms with E-state index in [-0.39, 0.29) is 0 Å². The van der Waals surface area contributed by atoms with Gasteiger partial charge in [-0.1, -0.05) is 36.4 Å². The third kappa shape index (κ3) is 2.09. The summed E-state index contributed by atoms with van der Waals surface area (Å²) in [4.78, 5) is 11.7. The lowest BCUT2D eigenvalue weighted by atomic mass is 9.96. The molecule has 0 spiro atoms. The maximum absolute atomic E-state index is 11.7. The standard InChI is InChI=1S/C15H11NO2/c1-18-15(17)14-9-5-4-8-13(14)12-7-3-2-6-11(12)10-16/h2-9H,1H3. The number of rotatable bonds is 2. The largest absolute Gasteiger partial charge is 0.465 e. The van der Waals surface area contributed by atoms with Crippen LogP contribution in [0.15, 0.2) is 48.5 Å². The molecule has 0 N–H and O–H groups in total. The van der Waals surface area contributed by atoms with E-state index >= 15 is 0 Å². The van der Waals surface area contributed by atoms with Crippen LogP contribution < -0.4 is 0 Å². The molecule has 0 aromatic heterocycles. The zero-order valence-corrected chi connectivity index (χ0v) is 9.88. The summed E-state index contributed by atoms with van der Waals surface area (Å²) in [7, 11) is 1.34. The molecule has 18 heavy (non-hydrogen) atoms. The quantitative estimate of drug-likeness (QED) is 0.754. The van der Waals surface area contributed by atoms with E-state index in [0.717, 1.165) is 5.56 Å². The Kier molecular flexibility index (Phi) is 3.40. The van der Waals surface area contributed by atoms with Gasteiger partial charge in [-0.25, -0.2) is 4.79 Å². The third-order valence-electron chi connectivity index (χ3n) is 2.67. The highest BCUT2D eigenvalue weighted by Gasteiger charge is 2.14. The maximum Gasteiger partial charge on any atom is 0.338 e. The minimum atomic E-state index is -0.404. The highest BCUT2D eigenvalue weighted by atomic mass is 16.5. The minimum absolute atomic E-state index is 0.404. The molecule has 2 aromatic rings. The van der Waals surface area contributed by atoms with Crippen molar-refractivity contribution in [2.75, 3.05) is 7.11 Å². The molecule has 0 bridgehead atoms. The van der Waals surface area contributed by atoms with Gasteiger partial charge < -0.3 is 4.74 Å². The van der Waals surface area contributed by atoms with Gasteiger partial charge in [0.05, 0.1) is 24.3 Å². The van der Waals surface area contributed by atoms with Crippen LogP contribution in [-0.2, 0) is 4.74 Å². The van der Waals surface area contributed by atoms with Gasteiger partial charge in [-0.05, 0) is 17.7 Å². The summed E-state index contributed by atoms with van der Waals surface area (Å²) in [5.41, 5.74) is 2.44. The van der Waals surface area contributed by atoms with E-state index in [1.54, 1.807) is 24.3 Å². The van der Waals surface area contributed by atoms with Crippen LogP contribution in [0.25, 0.3) is 11.1 Å². The van der Waals surface area contributed by atoms with Crippen molar-refractivity contribution in [3.05, 3.63) is 59.7 Å². The van der Waals surface area contributed by atoms with Gasteiger partial charge in [0.15, 0.2) is 0 Å². The van der Waals surface area contributed by atoms with Gasteiger partial charge in [-0.2, -0.15) is 5.26 Å². The molecule has 0 fully saturated rings. The van der Waals surface area contributed by atoms with Crippen LogP contribution >= 0.6 is 0 Å². The van der Waals surface area contributed by atoms with Gasteiger partial charge in [-0.3, -0.25) is 0 Å². The van der Waals surface area contributed by atoms with Crippen molar-refractivity contribution >= 4 is 5.97 Å². The Balaban J connectivity index is 2.65. The molecule has 88 valence electrons. The van der Waals surface area contributed by atoms with Crippen molar-refractivity contribution in [2.45, 2.75) is 0 Å². The lowest BCUT2D eigenvalue weighted by Crippen LogP contribution is -2.03. The van der Waals surface area contributed by atoms with Crippen LogP contribution in [0.2, 0.25) is 0 Å². The van der Waals surface area contributed by atoms with E-state index in [1.807, 2.05) is 24.3 Å². The van der Waals surface area contributed by atoms with Gasteiger partial charge in [0.1, 0.15) is 0 Å². The molecule has 0 heterocycles. The molecule has 2 aromatic carbocycles. The molecule has 0 aliphatic rings. The fraction of sp³-hybridized carbons (Fsp3) is 0.0667. The molecule has 0 atom stereocenters. The Morgan fingerprint density at radius 2 is 1.67 bits per heavy atom. The second-order valence-electron chi connectivity index (χ2n) is 3.69. The lowest BCUT2D eigenvalue weighted by Gasteiger charge is -2.09. The maximum atomic E-state index is 11.7. The average Bonchev–Trinajstić information content (AvgIpc) is 2.46. The molecule has 0 radical (unpaired) electrons. The van der Waals surface area contributed by atoms with Crippen molar-refractivity contribution in [3.8, 4) is 17.2 Å². The molecule has 0 saturated heterocycles. The van der Waals surface area contributed by atoms with Crippen molar-refractivity contribution in [1.29, 1.82) is 5.26 Å². The van der Waals surface area contributed by atoms with Gasteiger partial charge in [0, 0.05) is 5.56 Å². The Hall–Kier alpha value is -2.60. The van der Waals surface area contributed by atoms with Crippen LogP contribution in [0.4, 0.5) is 0 Å². The van der Waals surface area contributed by atoms with Crippen molar-refractivity contribution in [3.63, 3.8) is 0 Å². The molecular weight excluding hydrogens is 226 g/mol. The zero-order valence-electron chi connectivity index (χ0n) is 9.88. The molecule has 0 saturated carbocycles. The summed E-state index contributed by atoms with van der Waals surface area (Å²) >= 11 is 0. The Morgan fingerprint density at radius 3 is 2.33 bits per heavy atom. The van der Waals surface area contributed by atoms with E-state index < -0.39 is 5.97 Å².